The highest BCUT2D eigenvalue weighted by Crippen LogP contribution is 2.28. The number of benzene rings is 2. The average molecular weight is 336 g/mol. The molecule has 1 N–H and O–H groups in total. The van der Waals surface area contributed by atoms with Gasteiger partial charge in [-0.05, 0) is 66.0 Å². The van der Waals surface area contributed by atoms with Gasteiger partial charge in [-0.1, -0.05) is 17.7 Å². The fraction of sp³-hybridized carbons (Fsp3) is 0.188. The lowest BCUT2D eigenvalue weighted by atomic mass is 10.1. The van der Waals surface area contributed by atoms with Crippen LogP contribution in [0.15, 0.2) is 34.8 Å². The highest BCUT2D eigenvalue weighted by molar-refractivity contribution is 9.10. The van der Waals surface area contributed by atoms with Crippen molar-refractivity contribution in [3.8, 4) is 0 Å². The lowest BCUT2D eigenvalue weighted by molar-refractivity contribution is 0.102. The van der Waals surface area contributed by atoms with Crippen molar-refractivity contribution in [2.75, 3.05) is 5.32 Å². The van der Waals surface area contributed by atoms with Gasteiger partial charge in [0.15, 0.2) is 0 Å². The number of carbonyl (C=O) groups excluding carboxylic acids is 1. The monoisotopic (exact) mass is 335 g/mol. The minimum absolute atomic E-state index is 0.0527. The predicted octanol–water partition coefficient (Wildman–Crippen LogP) is 4.77. The van der Waals surface area contributed by atoms with Crippen LogP contribution >= 0.6 is 15.9 Å². The molecule has 0 spiro atoms. The Morgan fingerprint density at radius 2 is 1.80 bits per heavy atom. The highest BCUT2D eigenvalue weighted by Gasteiger charge is 2.14. The topological polar surface area (TPSA) is 29.1 Å². The van der Waals surface area contributed by atoms with Crippen molar-refractivity contribution in [1.29, 1.82) is 0 Å². The van der Waals surface area contributed by atoms with Crippen LogP contribution in [-0.4, -0.2) is 5.91 Å². The van der Waals surface area contributed by atoms with Crippen LogP contribution in [0.2, 0.25) is 0 Å². The first-order valence-electron chi connectivity index (χ1n) is 6.22. The summed E-state index contributed by atoms with van der Waals surface area (Å²) in [6.45, 7) is 5.70. The molecule has 2 nitrogen and oxygen atoms in total. The summed E-state index contributed by atoms with van der Waals surface area (Å²) >= 11 is 3.42. The van der Waals surface area contributed by atoms with E-state index < -0.39 is 11.7 Å². The Balaban J connectivity index is 2.35. The molecule has 2 rings (SSSR count). The molecular weight excluding hydrogens is 321 g/mol. The van der Waals surface area contributed by atoms with Crippen LogP contribution < -0.4 is 5.32 Å². The van der Waals surface area contributed by atoms with E-state index in [1.54, 1.807) is 12.1 Å². The van der Waals surface area contributed by atoms with Crippen LogP contribution in [0, 0.1) is 26.6 Å². The summed E-state index contributed by atoms with van der Waals surface area (Å²) in [4.78, 5) is 12.2. The van der Waals surface area contributed by atoms with Crippen LogP contribution in [0.5, 0.6) is 0 Å². The maximum Gasteiger partial charge on any atom is 0.258 e. The fourth-order valence-corrected chi connectivity index (χ4v) is 2.84. The summed E-state index contributed by atoms with van der Waals surface area (Å²) in [6, 6.07) is 8.37. The van der Waals surface area contributed by atoms with Crippen LogP contribution in [0.4, 0.5) is 10.1 Å². The number of amides is 1. The average Bonchev–Trinajstić information content (AvgIpc) is 2.36. The first-order chi connectivity index (χ1) is 9.38. The molecule has 0 radical (unpaired) electrons. The highest BCUT2D eigenvalue weighted by atomic mass is 79.9. The van der Waals surface area contributed by atoms with E-state index in [1.807, 2.05) is 32.9 Å². The van der Waals surface area contributed by atoms with Gasteiger partial charge in [0, 0.05) is 4.47 Å². The van der Waals surface area contributed by atoms with Crippen molar-refractivity contribution in [3.63, 3.8) is 0 Å². The molecule has 20 heavy (non-hydrogen) atoms. The number of carbonyl (C=O) groups is 1. The SMILES string of the molecule is Cc1cc(C)c(NC(=O)c2cc(C)ccc2F)c(Br)c1. The van der Waals surface area contributed by atoms with Gasteiger partial charge < -0.3 is 5.32 Å². The third-order valence-electron chi connectivity index (χ3n) is 3.04. The van der Waals surface area contributed by atoms with E-state index in [1.165, 1.54) is 6.07 Å². The van der Waals surface area contributed by atoms with Gasteiger partial charge in [0.25, 0.3) is 5.91 Å². The number of rotatable bonds is 2. The second-order valence-electron chi connectivity index (χ2n) is 4.88. The molecule has 0 aliphatic carbocycles. The van der Waals surface area contributed by atoms with E-state index in [-0.39, 0.29) is 5.56 Å². The van der Waals surface area contributed by atoms with Crippen molar-refractivity contribution >= 4 is 27.5 Å². The molecule has 0 aromatic heterocycles. The molecule has 2 aromatic carbocycles. The summed E-state index contributed by atoms with van der Waals surface area (Å²) in [6.07, 6.45) is 0. The standard InChI is InChI=1S/C16H15BrFNO/c1-9-4-5-14(18)12(7-9)16(20)19-15-11(3)6-10(2)8-13(15)17/h4-8H,1-3H3,(H,19,20). The molecule has 0 unspecified atom stereocenters. The van der Waals surface area contributed by atoms with Gasteiger partial charge >= 0.3 is 0 Å². The van der Waals surface area contributed by atoms with Gasteiger partial charge in [-0.25, -0.2) is 4.39 Å². The Morgan fingerprint density at radius 1 is 1.10 bits per heavy atom. The van der Waals surface area contributed by atoms with Crippen LogP contribution in [-0.2, 0) is 0 Å². The predicted molar refractivity (Wildman–Crippen MR) is 82.7 cm³/mol. The molecule has 0 heterocycles. The summed E-state index contributed by atoms with van der Waals surface area (Å²) in [5.41, 5.74) is 3.59. The van der Waals surface area contributed by atoms with E-state index in [0.717, 1.165) is 21.2 Å². The Hall–Kier alpha value is -1.68. The third kappa shape index (κ3) is 3.07. The fourth-order valence-electron chi connectivity index (χ4n) is 2.07. The summed E-state index contributed by atoms with van der Waals surface area (Å²) in [5.74, 6) is -0.965. The van der Waals surface area contributed by atoms with Crippen molar-refractivity contribution in [2.24, 2.45) is 0 Å². The maximum atomic E-state index is 13.7. The number of hydrogen-bond donors (Lipinski definition) is 1. The van der Waals surface area contributed by atoms with Crippen molar-refractivity contribution in [3.05, 3.63) is 62.9 Å². The molecule has 0 fully saturated rings. The Morgan fingerprint density at radius 3 is 2.45 bits per heavy atom. The van der Waals surface area contributed by atoms with E-state index in [4.69, 9.17) is 0 Å². The molecular formula is C16H15BrFNO. The molecule has 0 atom stereocenters. The Kier molecular flexibility index (Phi) is 4.23. The van der Waals surface area contributed by atoms with Crippen molar-refractivity contribution in [1.82, 2.24) is 0 Å². The summed E-state index contributed by atoms with van der Waals surface area (Å²) in [7, 11) is 0. The minimum atomic E-state index is -0.519. The molecule has 0 aliphatic heterocycles. The first-order valence-corrected chi connectivity index (χ1v) is 7.02. The van der Waals surface area contributed by atoms with Gasteiger partial charge in [0.2, 0.25) is 0 Å². The summed E-state index contributed by atoms with van der Waals surface area (Å²) < 4.78 is 14.5. The maximum absolute atomic E-state index is 13.7. The lowest BCUT2D eigenvalue weighted by Crippen LogP contribution is -2.15. The largest absolute Gasteiger partial charge is 0.321 e. The zero-order chi connectivity index (χ0) is 14.9. The molecule has 0 aliphatic rings. The quantitative estimate of drug-likeness (QED) is 0.841. The zero-order valence-electron chi connectivity index (χ0n) is 11.6. The van der Waals surface area contributed by atoms with E-state index >= 15 is 0 Å². The van der Waals surface area contributed by atoms with Crippen LogP contribution in [0.1, 0.15) is 27.0 Å². The second-order valence-corrected chi connectivity index (χ2v) is 5.73. The number of anilines is 1. The van der Waals surface area contributed by atoms with Gasteiger partial charge in [-0.2, -0.15) is 0 Å². The number of halogens is 2. The van der Waals surface area contributed by atoms with Gasteiger partial charge in [0.1, 0.15) is 5.82 Å². The van der Waals surface area contributed by atoms with E-state index in [2.05, 4.69) is 21.2 Å². The second kappa shape index (κ2) is 5.75. The van der Waals surface area contributed by atoms with Crippen LogP contribution in [0.3, 0.4) is 0 Å². The minimum Gasteiger partial charge on any atom is -0.321 e. The molecule has 0 bridgehead atoms. The van der Waals surface area contributed by atoms with Gasteiger partial charge in [-0.15, -0.1) is 0 Å². The Labute approximate surface area is 126 Å². The van der Waals surface area contributed by atoms with Gasteiger partial charge in [-0.3, -0.25) is 4.79 Å². The molecule has 1 amide bonds. The third-order valence-corrected chi connectivity index (χ3v) is 3.66. The molecule has 0 saturated carbocycles. The summed E-state index contributed by atoms with van der Waals surface area (Å²) in [5, 5.41) is 2.76. The first kappa shape index (κ1) is 14.7. The molecule has 104 valence electrons. The number of aryl methyl sites for hydroxylation is 3. The smallest absolute Gasteiger partial charge is 0.258 e. The van der Waals surface area contributed by atoms with Crippen molar-refractivity contribution < 1.29 is 9.18 Å². The lowest BCUT2D eigenvalue weighted by Gasteiger charge is -2.12. The number of nitrogens with one attached hydrogen (secondary N) is 1. The molecule has 0 saturated heterocycles. The normalized spacial score (nSPS) is 10.4. The van der Waals surface area contributed by atoms with E-state index in [9.17, 15) is 9.18 Å². The van der Waals surface area contributed by atoms with Crippen LogP contribution in [0.25, 0.3) is 0 Å². The molecule has 2 aromatic rings. The van der Waals surface area contributed by atoms with E-state index in [0.29, 0.717) is 5.69 Å². The number of hydrogen-bond acceptors (Lipinski definition) is 1. The zero-order valence-corrected chi connectivity index (χ0v) is 13.1. The Bertz CT molecular complexity index is 659. The van der Waals surface area contributed by atoms with Gasteiger partial charge in [0.05, 0.1) is 11.3 Å². The van der Waals surface area contributed by atoms with Crippen molar-refractivity contribution in [2.45, 2.75) is 20.8 Å². The molecule has 4 heteroatoms.